The van der Waals surface area contributed by atoms with Crippen LogP contribution in [-0.2, 0) is 0 Å². The third kappa shape index (κ3) is 4.26. The summed E-state index contributed by atoms with van der Waals surface area (Å²) in [5.41, 5.74) is 2.13. The van der Waals surface area contributed by atoms with E-state index in [0.29, 0.717) is 17.1 Å². The Morgan fingerprint density at radius 1 is 0.852 bits per heavy atom. The van der Waals surface area contributed by atoms with Crippen LogP contribution in [0, 0.1) is 5.82 Å². The van der Waals surface area contributed by atoms with E-state index in [0.717, 1.165) is 11.1 Å². The normalized spacial score (nSPS) is 11.5. The van der Waals surface area contributed by atoms with E-state index in [-0.39, 0.29) is 11.7 Å². The summed E-state index contributed by atoms with van der Waals surface area (Å²) >= 11 is 0. The summed E-state index contributed by atoms with van der Waals surface area (Å²) in [6, 6.07) is 20.2. The smallest absolute Gasteiger partial charge is 0.252 e. The number of carbonyl (C=O) groups excluding carboxylic acids is 1. The molecule has 0 aromatic heterocycles. The van der Waals surface area contributed by atoms with Gasteiger partial charge in [0.05, 0.1) is 20.3 Å². The van der Waals surface area contributed by atoms with Crippen LogP contribution in [0.4, 0.5) is 4.39 Å². The van der Waals surface area contributed by atoms with Crippen LogP contribution in [0.3, 0.4) is 0 Å². The number of hydrogen-bond donors (Lipinski definition) is 1. The lowest BCUT2D eigenvalue weighted by Gasteiger charge is -2.20. The van der Waals surface area contributed by atoms with Gasteiger partial charge in [-0.1, -0.05) is 42.5 Å². The predicted molar refractivity (Wildman–Crippen MR) is 102 cm³/mol. The summed E-state index contributed by atoms with van der Waals surface area (Å²) in [7, 11) is 3.06. The molecule has 4 nitrogen and oxygen atoms in total. The molecule has 1 N–H and O–H groups in total. The molecular weight excluding hydrogens is 345 g/mol. The van der Waals surface area contributed by atoms with E-state index in [4.69, 9.17) is 9.47 Å². The van der Waals surface area contributed by atoms with Gasteiger partial charge in [0.2, 0.25) is 0 Å². The zero-order valence-electron chi connectivity index (χ0n) is 15.1. The molecule has 0 saturated carbocycles. The van der Waals surface area contributed by atoms with Crippen molar-refractivity contribution in [3.05, 3.63) is 95.3 Å². The van der Waals surface area contributed by atoms with Crippen LogP contribution in [0.1, 0.15) is 27.5 Å². The highest BCUT2D eigenvalue weighted by Crippen LogP contribution is 2.28. The first-order valence-electron chi connectivity index (χ1n) is 8.45. The second-order valence-corrected chi connectivity index (χ2v) is 5.94. The predicted octanol–water partition coefficient (Wildman–Crippen LogP) is 4.36. The van der Waals surface area contributed by atoms with Crippen molar-refractivity contribution in [3.8, 4) is 11.5 Å². The first-order valence-corrected chi connectivity index (χ1v) is 8.45. The zero-order valence-corrected chi connectivity index (χ0v) is 15.1. The summed E-state index contributed by atoms with van der Waals surface area (Å²) in [6.07, 6.45) is 0. The zero-order chi connectivity index (χ0) is 19.2. The van der Waals surface area contributed by atoms with E-state index in [1.54, 1.807) is 30.3 Å². The molecule has 0 spiro atoms. The highest BCUT2D eigenvalue weighted by molar-refractivity contribution is 5.95. The molecule has 3 aromatic carbocycles. The molecule has 1 atom stereocenters. The Balaban J connectivity index is 1.92. The average molecular weight is 365 g/mol. The van der Waals surface area contributed by atoms with Crippen molar-refractivity contribution < 1.29 is 18.7 Å². The van der Waals surface area contributed by atoms with Crippen molar-refractivity contribution in [1.82, 2.24) is 5.32 Å². The molecule has 0 heterocycles. The minimum absolute atomic E-state index is 0.269. The van der Waals surface area contributed by atoms with Crippen LogP contribution in [-0.4, -0.2) is 20.1 Å². The Hall–Kier alpha value is -3.34. The first-order chi connectivity index (χ1) is 13.1. The Kier molecular flexibility index (Phi) is 5.71. The molecule has 0 saturated heterocycles. The summed E-state index contributed by atoms with van der Waals surface area (Å²) in [5.74, 6) is 0.432. The molecule has 138 valence electrons. The SMILES string of the molecule is COc1ccc(C(=O)NC(c2ccccc2)c2ccc(F)cc2)cc1OC. The summed E-state index contributed by atoms with van der Waals surface area (Å²) in [5, 5.41) is 3.02. The van der Waals surface area contributed by atoms with Crippen molar-refractivity contribution in [2.75, 3.05) is 14.2 Å². The molecule has 27 heavy (non-hydrogen) atoms. The molecule has 3 aromatic rings. The standard InChI is InChI=1S/C22H20FNO3/c1-26-19-13-10-17(14-20(19)27-2)22(25)24-21(15-6-4-3-5-7-15)16-8-11-18(23)12-9-16/h3-14,21H,1-2H3,(H,24,25). The fourth-order valence-corrected chi connectivity index (χ4v) is 2.85. The largest absolute Gasteiger partial charge is 0.493 e. The van der Waals surface area contributed by atoms with Crippen LogP contribution >= 0.6 is 0 Å². The third-order valence-electron chi connectivity index (χ3n) is 4.26. The maximum Gasteiger partial charge on any atom is 0.252 e. The Labute approximate surface area is 157 Å². The highest BCUT2D eigenvalue weighted by atomic mass is 19.1. The van der Waals surface area contributed by atoms with E-state index in [2.05, 4.69) is 5.32 Å². The highest BCUT2D eigenvalue weighted by Gasteiger charge is 2.19. The second-order valence-electron chi connectivity index (χ2n) is 5.94. The lowest BCUT2D eigenvalue weighted by molar-refractivity contribution is 0.0942. The van der Waals surface area contributed by atoms with Gasteiger partial charge in [-0.15, -0.1) is 0 Å². The maximum atomic E-state index is 13.3. The average Bonchev–Trinajstić information content (AvgIpc) is 2.72. The summed E-state index contributed by atoms with van der Waals surface area (Å²) < 4.78 is 23.8. The van der Waals surface area contributed by atoms with Gasteiger partial charge < -0.3 is 14.8 Å². The molecule has 0 bridgehead atoms. The summed E-state index contributed by atoms with van der Waals surface area (Å²) in [6.45, 7) is 0. The number of carbonyl (C=O) groups is 1. The van der Waals surface area contributed by atoms with E-state index in [1.807, 2.05) is 30.3 Å². The van der Waals surface area contributed by atoms with Crippen LogP contribution in [0.2, 0.25) is 0 Å². The lowest BCUT2D eigenvalue weighted by atomic mass is 9.98. The molecule has 0 radical (unpaired) electrons. The van der Waals surface area contributed by atoms with Gasteiger partial charge in [-0.3, -0.25) is 4.79 Å². The quantitative estimate of drug-likeness (QED) is 0.706. The van der Waals surface area contributed by atoms with E-state index in [1.165, 1.54) is 26.4 Å². The maximum absolute atomic E-state index is 13.3. The van der Waals surface area contributed by atoms with Crippen LogP contribution in [0.5, 0.6) is 11.5 Å². The van der Waals surface area contributed by atoms with Crippen LogP contribution in [0.15, 0.2) is 72.8 Å². The van der Waals surface area contributed by atoms with Gasteiger partial charge in [0.1, 0.15) is 5.82 Å². The fourth-order valence-electron chi connectivity index (χ4n) is 2.85. The van der Waals surface area contributed by atoms with E-state index < -0.39 is 6.04 Å². The van der Waals surface area contributed by atoms with Crippen molar-refractivity contribution >= 4 is 5.91 Å². The van der Waals surface area contributed by atoms with Crippen molar-refractivity contribution in [2.24, 2.45) is 0 Å². The number of hydrogen-bond acceptors (Lipinski definition) is 3. The second kappa shape index (κ2) is 8.36. The summed E-state index contributed by atoms with van der Waals surface area (Å²) in [4.78, 5) is 12.9. The van der Waals surface area contributed by atoms with Gasteiger partial charge in [0, 0.05) is 5.56 Å². The van der Waals surface area contributed by atoms with Crippen LogP contribution < -0.4 is 14.8 Å². The molecule has 1 amide bonds. The topological polar surface area (TPSA) is 47.6 Å². The Morgan fingerprint density at radius 2 is 1.48 bits per heavy atom. The lowest BCUT2D eigenvalue weighted by Crippen LogP contribution is -2.29. The molecule has 0 fully saturated rings. The molecule has 0 aliphatic heterocycles. The van der Waals surface area contributed by atoms with Crippen LogP contribution in [0.25, 0.3) is 0 Å². The minimum Gasteiger partial charge on any atom is -0.493 e. The van der Waals surface area contributed by atoms with Gasteiger partial charge in [0.25, 0.3) is 5.91 Å². The Bertz CT molecular complexity index is 911. The number of benzene rings is 3. The van der Waals surface area contributed by atoms with Gasteiger partial charge in [-0.25, -0.2) is 4.39 Å². The molecule has 1 unspecified atom stereocenters. The van der Waals surface area contributed by atoms with Gasteiger partial charge in [-0.2, -0.15) is 0 Å². The number of nitrogens with one attached hydrogen (secondary N) is 1. The van der Waals surface area contributed by atoms with Crippen molar-refractivity contribution in [1.29, 1.82) is 0 Å². The third-order valence-corrected chi connectivity index (χ3v) is 4.26. The number of methoxy groups -OCH3 is 2. The monoisotopic (exact) mass is 365 g/mol. The Morgan fingerprint density at radius 3 is 2.11 bits per heavy atom. The van der Waals surface area contributed by atoms with Gasteiger partial charge in [-0.05, 0) is 41.5 Å². The van der Waals surface area contributed by atoms with E-state index in [9.17, 15) is 9.18 Å². The van der Waals surface area contributed by atoms with E-state index >= 15 is 0 Å². The number of rotatable bonds is 6. The van der Waals surface area contributed by atoms with Gasteiger partial charge >= 0.3 is 0 Å². The first kappa shape index (κ1) is 18.5. The van der Waals surface area contributed by atoms with Crippen molar-refractivity contribution in [3.63, 3.8) is 0 Å². The molecule has 0 aliphatic carbocycles. The van der Waals surface area contributed by atoms with Gasteiger partial charge in [0.15, 0.2) is 11.5 Å². The minimum atomic E-state index is -0.410. The number of halogens is 1. The molecule has 3 rings (SSSR count). The molecule has 5 heteroatoms. The fraction of sp³-hybridized carbons (Fsp3) is 0.136. The molecular formula is C22H20FNO3. The number of amides is 1. The van der Waals surface area contributed by atoms with Crippen molar-refractivity contribution in [2.45, 2.75) is 6.04 Å². The molecule has 0 aliphatic rings. The number of ether oxygens (including phenoxy) is 2.